The van der Waals surface area contributed by atoms with Crippen molar-refractivity contribution >= 4 is 22.9 Å². The Labute approximate surface area is 99.8 Å². The molecule has 2 aliphatic rings. The number of thiophene rings is 1. The highest BCUT2D eigenvalue weighted by molar-refractivity contribution is 7.10. The lowest BCUT2D eigenvalue weighted by molar-refractivity contribution is 0.364. The van der Waals surface area contributed by atoms with E-state index in [1.807, 2.05) is 6.07 Å². The van der Waals surface area contributed by atoms with Gasteiger partial charge in [-0.3, -0.25) is 0 Å². The smallest absolute Gasteiger partial charge is 0.0561 e. The molecule has 0 radical (unpaired) electrons. The van der Waals surface area contributed by atoms with Gasteiger partial charge in [0.1, 0.15) is 0 Å². The normalized spacial score (nSPS) is 35.2. The molecular weight excluding hydrogens is 226 g/mol. The molecule has 0 aliphatic heterocycles. The Morgan fingerprint density at radius 2 is 2.13 bits per heavy atom. The summed E-state index contributed by atoms with van der Waals surface area (Å²) >= 11 is 8.00. The zero-order valence-corrected chi connectivity index (χ0v) is 10.4. The maximum atomic E-state index is 6.21. The second kappa shape index (κ2) is 3.76. The molecule has 3 heteroatoms. The molecular formula is C12H16ClNS. The molecule has 1 N–H and O–H groups in total. The van der Waals surface area contributed by atoms with Crippen molar-refractivity contribution in [2.75, 3.05) is 7.05 Å². The minimum Gasteiger partial charge on any atom is -0.312 e. The number of fused-ring (bicyclic) bond motifs is 1. The van der Waals surface area contributed by atoms with Crippen LogP contribution >= 0.6 is 22.9 Å². The van der Waals surface area contributed by atoms with E-state index in [4.69, 9.17) is 11.6 Å². The lowest BCUT2D eigenvalue weighted by atomic mass is 9.93. The summed E-state index contributed by atoms with van der Waals surface area (Å²) in [5.41, 5.74) is 0. The maximum absolute atomic E-state index is 6.21. The number of rotatable bonds is 3. The van der Waals surface area contributed by atoms with Gasteiger partial charge in [-0.15, -0.1) is 11.3 Å². The SMILES string of the molecule is CNC(c1sccc1Cl)C1CC2CC2C1. The topological polar surface area (TPSA) is 12.0 Å². The van der Waals surface area contributed by atoms with E-state index >= 15 is 0 Å². The second-order valence-electron chi connectivity index (χ2n) is 4.89. The Morgan fingerprint density at radius 3 is 2.67 bits per heavy atom. The average molecular weight is 242 g/mol. The standard InChI is InChI=1S/C12H16ClNS/c1-14-11(12-10(13)2-3-15-12)9-5-7-4-8(7)6-9/h2-3,7-9,11,14H,4-6H2,1H3. The number of hydrogen-bond donors (Lipinski definition) is 1. The highest BCUT2D eigenvalue weighted by Crippen LogP contribution is 2.57. The molecule has 3 rings (SSSR count). The van der Waals surface area contributed by atoms with Crippen molar-refractivity contribution in [3.63, 3.8) is 0 Å². The van der Waals surface area contributed by atoms with E-state index in [0.717, 1.165) is 22.8 Å². The van der Waals surface area contributed by atoms with Gasteiger partial charge >= 0.3 is 0 Å². The average Bonchev–Trinajstić information content (AvgIpc) is 2.65. The van der Waals surface area contributed by atoms with Gasteiger partial charge in [0.2, 0.25) is 0 Å². The molecule has 1 heterocycles. The van der Waals surface area contributed by atoms with E-state index in [9.17, 15) is 0 Å². The molecule has 2 aliphatic carbocycles. The number of halogens is 1. The van der Waals surface area contributed by atoms with E-state index in [-0.39, 0.29) is 0 Å². The van der Waals surface area contributed by atoms with Gasteiger partial charge in [0.25, 0.3) is 0 Å². The molecule has 3 unspecified atom stereocenters. The third-order valence-electron chi connectivity index (χ3n) is 3.99. The van der Waals surface area contributed by atoms with Gasteiger partial charge in [0.05, 0.1) is 5.02 Å². The highest BCUT2D eigenvalue weighted by Gasteiger charge is 2.48. The van der Waals surface area contributed by atoms with Crippen LogP contribution in [0.1, 0.15) is 30.2 Å². The predicted molar refractivity (Wildman–Crippen MR) is 65.5 cm³/mol. The Bertz CT molecular complexity index is 352. The molecule has 0 amide bonds. The molecule has 1 aromatic heterocycles. The summed E-state index contributed by atoms with van der Waals surface area (Å²) in [7, 11) is 2.06. The van der Waals surface area contributed by atoms with Gasteiger partial charge in [-0.2, -0.15) is 0 Å². The van der Waals surface area contributed by atoms with Gasteiger partial charge < -0.3 is 5.32 Å². The van der Waals surface area contributed by atoms with E-state index < -0.39 is 0 Å². The third kappa shape index (κ3) is 1.73. The van der Waals surface area contributed by atoms with Gasteiger partial charge in [-0.1, -0.05) is 11.6 Å². The van der Waals surface area contributed by atoms with Crippen molar-refractivity contribution in [1.82, 2.24) is 5.32 Å². The lowest BCUT2D eigenvalue weighted by Crippen LogP contribution is -2.23. The maximum Gasteiger partial charge on any atom is 0.0561 e. The first-order valence-electron chi connectivity index (χ1n) is 5.69. The molecule has 15 heavy (non-hydrogen) atoms. The molecule has 82 valence electrons. The molecule has 0 aromatic carbocycles. The van der Waals surface area contributed by atoms with E-state index in [0.29, 0.717) is 6.04 Å². The van der Waals surface area contributed by atoms with Gasteiger partial charge in [-0.25, -0.2) is 0 Å². The van der Waals surface area contributed by atoms with Crippen molar-refractivity contribution in [2.24, 2.45) is 17.8 Å². The van der Waals surface area contributed by atoms with Crippen LogP contribution < -0.4 is 5.32 Å². The molecule has 0 spiro atoms. The summed E-state index contributed by atoms with van der Waals surface area (Å²) in [5, 5.41) is 6.49. The van der Waals surface area contributed by atoms with E-state index in [1.165, 1.54) is 24.1 Å². The summed E-state index contributed by atoms with van der Waals surface area (Å²) in [6.07, 6.45) is 4.31. The third-order valence-corrected chi connectivity index (χ3v) is 5.43. The quantitative estimate of drug-likeness (QED) is 0.851. The molecule has 2 saturated carbocycles. The summed E-state index contributed by atoms with van der Waals surface area (Å²) < 4.78 is 0. The van der Waals surface area contributed by atoms with Crippen LogP contribution in [-0.2, 0) is 0 Å². The number of nitrogens with one attached hydrogen (secondary N) is 1. The fraction of sp³-hybridized carbons (Fsp3) is 0.667. The second-order valence-corrected chi connectivity index (χ2v) is 6.24. The van der Waals surface area contributed by atoms with Crippen LogP contribution in [0.2, 0.25) is 5.02 Å². The molecule has 0 saturated heterocycles. The first kappa shape index (κ1) is 10.1. The van der Waals surface area contributed by atoms with Gasteiger partial charge in [0.15, 0.2) is 0 Å². The summed E-state index contributed by atoms with van der Waals surface area (Å²) in [5.74, 6) is 2.91. The van der Waals surface area contributed by atoms with Crippen molar-refractivity contribution in [3.05, 3.63) is 21.3 Å². The Kier molecular flexibility index (Phi) is 2.54. The first-order valence-corrected chi connectivity index (χ1v) is 6.95. The van der Waals surface area contributed by atoms with Crippen LogP contribution in [0, 0.1) is 17.8 Å². The van der Waals surface area contributed by atoms with Crippen LogP contribution in [0.3, 0.4) is 0 Å². The molecule has 1 aromatic rings. The molecule has 1 nitrogen and oxygen atoms in total. The van der Waals surface area contributed by atoms with Crippen LogP contribution in [0.25, 0.3) is 0 Å². The number of hydrogen-bond acceptors (Lipinski definition) is 2. The minimum atomic E-state index is 0.491. The molecule has 3 atom stereocenters. The van der Waals surface area contributed by atoms with Crippen LogP contribution in [0.5, 0.6) is 0 Å². The van der Waals surface area contributed by atoms with Gasteiger partial charge in [0, 0.05) is 10.9 Å². The fourth-order valence-corrected chi connectivity index (χ4v) is 4.52. The minimum absolute atomic E-state index is 0.491. The summed E-state index contributed by atoms with van der Waals surface area (Å²) in [6.45, 7) is 0. The van der Waals surface area contributed by atoms with Crippen molar-refractivity contribution in [2.45, 2.75) is 25.3 Å². The summed E-state index contributed by atoms with van der Waals surface area (Å²) in [6, 6.07) is 2.51. The monoisotopic (exact) mass is 241 g/mol. The lowest BCUT2D eigenvalue weighted by Gasteiger charge is -2.23. The zero-order valence-electron chi connectivity index (χ0n) is 8.87. The van der Waals surface area contributed by atoms with Crippen LogP contribution in [-0.4, -0.2) is 7.05 Å². The zero-order chi connectivity index (χ0) is 10.4. The highest BCUT2D eigenvalue weighted by atomic mass is 35.5. The van der Waals surface area contributed by atoms with Crippen LogP contribution in [0.15, 0.2) is 11.4 Å². The van der Waals surface area contributed by atoms with Crippen molar-refractivity contribution in [3.8, 4) is 0 Å². The predicted octanol–water partition coefficient (Wildman–Crippen LogP) is 3.71. The van der Waals surface area contributed by atoms with E-state index in [1.54, 1.807) is 11.3 Å². The Hall–Kier alpha value is -0.0500. The Morgan fingerprint density at radius 1 is 1.40 bits per heavy atom. The molecule has 2 fully saturated rings. The van der Waals surface area contributed by atoms with E-state index in [2.05, 4.69) is 17.7 Å². The van der Waals surface area contributed by atoms with Crippen molar-refractivity contribution in [1.29, 1.82) is 0 Å². The fourth-order valence-electron chi connectivity index (χ4n) is 3.14. The summed E-state index contributed by atoms with van der Waals surface area (Å²) in [4.78, 5) is 1.34. The Balaban J connectivity index is 1.79. The van der Waals surface area contributed by atoms with Crippen LogP contribution in [0.4, 0.5) is 0 Å². The largest absolute Gasteiger partial charge is 0.312 e. The van der Waals surface area contributed by atoms with Crippen molar-refractivity contribution < 1.29 is 0 Å². The van der Waals surface area contributed by atoms with Gasteiger partial charge in [-0.05, 0) is 55.5 Å². The molecule has 0 bridgehead atoms. The first-order chi connectivity index (χ1) is 7.29.